The molecule has 134 valence electrons. The van der Waals surface area contributed by atoms with Crippen LogP contribution in [0.3, 0.4) is 0 Å². The van der Waals surface area contributed by atoms with Crippen LogP contribution in [0.2, 0.25) is 5.02 Å². The number of rotatable bonds is 6. The Morgan fingerprint density at radius 3 is 2.48 bits per heavy atom. The molecular weight excluding hydrogens is 434 g/mol. The normalized spacial score (nSPS) is 11.0. The van der Waals surface area contributed by atoms with E-state index in [2.05, 4.69) is 20.7 Å². The summed E-state index contributed by atoms with van der Waals surface area (Å²) in [5.74, 6) is -0.342. The van der Waals surface area contributed by atoms with Crippen molar-refractivity contribution >= 4 is 49.2 Å². The Balaban J connectivity index is 2.55. The molecule has 0 spiro atoms. The number of hydrogen-bond acceptors (Lipinski definition) is 5. The highest BCUT2D eigenvalue weighted by molar-refractivity contribution is 9.10. The van der Waals surface area contributed by atoms with E-state index in [0.29, 0.717) is 15.9 Å². The number of methoxy groups -OCH3 is 2. The van der Waals surface area contributed by atoms with Gasteiger partial charge < -0.3 is 9.47 Å². The Kier molecular flexibility index (Phi) is 6.31. The average Bonchev–Trinajstić information content (AvgIpc) is 2.59. The van der Waals surface area contributed by atoms with Crippen molar-refractivity contribution in [2.24, 2.45) is 0 Å². The van der Waals surface area contributed by atoms with Crippen molar-refractivity contribution in [1.82, 2.24) is 0 Å². The van der Waals surface area contributed by atoms with Crippen LogP contribution in [0.15, 0.2) is 51.8 Å². The van der Waals surface area contributed by atoms with Crippen LogP contribution in [0.4, 0.5) is 5.69 Å². The fourth-order valence-corrected chi connectivity index (χ4v) is 4.20. The zero-order chi connectivity index (χ0) is 18.6. The number of ether oxygens (including phenoxy) is 2. The standard InChI is InChI=1S/C16H15BrClNO5S/c1-23-15-7-6-13(9-14(15)18)25(21,22)19(10-16(20)24-2)12-5-3-4-11(17)8-12/h3-9H,10H2,1-2H3. The Bertz CT molecular complexity index is 888. The van der Waals surface area contributed by atoms with Crippen molar-refractivity contribution in [1.29, 1.82) is 0 Å². The molecule has 0 unspecified atom stereocenters. The Morgan fingerprint density at radius 2 is 1.92 bits per heavy atom. The number of benzene rings is 2. The molecular formula is C16H15BrClNO5S. The maximum Gasteiger partial charge on any atom is 0.326 e. The number of hydrogen-bond donors (Lipinski definition) is 0. The molecule has 6 nitrogen and oxygen atoms in total. The maximum atomic E-state index is 13.1. The highest BCUT2D eigenvalue weighted by Crippen LogP contribution is 2.31. The predicted molar refractivity (Wildman–Crippen MR) is 98.7 cm³/mol. The number of carbonyl (C=O) groups is 1. The summed E-state index contributed by atoms with van der Waals surface area (Å²) in [7, 11) is -1.43. The zero-order valence-electron chi connectivity index (χ0n) is 13.4. The minimum absolute atomic E-state index is 0.0674. The first-order chi connectivity index (χ1) is 11.8. The number of halogens is 2. The third-order valence-corrected chi connectivity index (χ3v) is 5.87. The third kappa shape index (κ3) is 4.45. The molecule has 0 N–H and O–H groups in total. The van der Waals surface area contributed by atoms with E-state index in [1.165, 1.54) is 32.4 Å². The van der Waals surface area contributed by atoms with Gasteiger partial charge in [0.2, 0.25) is 0 Å². The molecule has 0 fully saturated rings. The SMILES string of the molecule is COC(=O)CN(c1cccc(Br)c1)S(=O)(=O)c1ccc(OC)c(Cl)c1. The molecule has 0 amide bonds. The van der Waals surface area contributed by atoms with E-state index in [1.807, 2.05) is 0 Å². The quantitative estimate of drug-likeness (QED) is 0.633. The summed E-state index contributed by atoms with van der Waals surface area (Å²) in [6.45, 7) is -0.473. The minimum Gasteiger partial charge on any atom is -0.495 e. The van der Waals surface area contributed by atoms with E-state index >= 15 is 0 Å². The van der Waals surface area contributed by atoms with Gasteiger partial charge in [-0.15, -0.1) is 0 Å². The molecule has 0 saturated heterocycles. The first-order valence-electron chi connectivity index (χ1n) is 6.98. The van der Waals surface area contributed by atoms with Crippen LogP contribution < -0.4 is 9.04 Å². The van der Waals surface area contributed by atoms with Crippen molar-refractivity contribution in [2.45, 2.75) is 4.90 Å². The maximum absolute atomic E-state index is 13.1. The van der Waals surface area contributed by atoms with Crippen LogP contribution in [0.25, 0.3) is 0 Å². The lowest BCUT2D eigenvalue weighted by molar-refractivity contribution is -0.138. The lowest BCUT2D eigenvalue weighted by atomic mass is 10.3. The molecule has 25 heavy (non-hydrogen) atoms. The summed E-state index contributed by atoms with van der Waals surface area (Å²) in [6, 6.07) is 10.7. The molecule has 2 aromatic carbocycles. The molecule has 2 rings (SSSR count). The molecule has 0 saturated carbocycles. The van der Waals surface area contributed by atoms with E-state index < -0.39 is 22.5 Å². The van der Waals surface area contributed by atoms with Crippen LogP contribution in [0.5, 0.6) is 5.75 Å². The summed E-state index contributed by atoms with van der Waals surface area (Å²) in [6.07, 6.45) is 0. The molecule has 2 aromatic rings. The topological polar surface area (TPSA) is 72.9 Å². The van der Waals surface area contributed by atoms with Gasteiger partial charge in [0.1, 0.15) is 12.3 Å². The van der Waals surface area contributed by atoms with E-state index in [-0.39, 0.29) is 9.92 Å². The second-order valence-electron chi connectivity index (χ2n) is 4.86. The Labute approximate surface area is 159 Å². The molecule has 0 bridgehead atoms. The number of nitrogens with zero attached hydrogens (tertiary/aromatic N) is 1. The third-order valence-electron chi connectivity index (χ3n) is 3.31. The number of carbonyl (C=O) groups excluding carboxylic acids is 1. The summed E-state index contributed by atoms with van der Waals surface area (Å²) < 4.78 is 37.4. The number of sulfonamides is 1. The molecule has 0 aliphatic rings. The zero-order valence-corrected chi connectivity index (χ0v) is 16.6. The first-order valence-corrected chi connectivity index (χ1v) is 9.59. The van der Waals surface area contributed by atoms with Crippen molar-refractivity contribution in [3.05, 3.63) is 52.0 Å². The lowest BCUT2D eigenvalue weighted by Crippen LogP contribution is -2.36. The molecule has 9 heteroatoms. The smallest absolute Gasteiger partial charge is 0.326 e. The van der Waals surface area contributed by atoms with Crippen LogP contribution in [-0.4, -0.2) is 35.2 Å². The van der Waals surface area contributed by atoms with Gasteiger partial charge in [-0.05, 0) is 36.4 Å². The van der Waals surface area contributed by atoms with Gasteiger partial charge in [0, 0.05) is 4.47 Å². The van der Waals surface area contributed by atoms with Gasteiger partial charge in [0.05, 0.1) is 29.8 Å². The van der Waals surface area contributed by atoms with Gasteiger partial charge in [0.15, 0.2) is 0 Å². The average molecular weight is 449 g/mol. The van der Waals surface area contributed by atoms with Crippen LogP contribution in [0.1, 0.15) is 0 Å². The molecule has 0 radical (unpaired) electrons. The van der Waals surface area contributed by atoms with Crippen molar-refractivity contribution in [3.8, 4) is 5.75 Å². The van der Waals surface area contributed by atoms with Crippen LogP contribution in [-0.2, 0) is 19.6 Å². The van der Waals surface area contributed by atoms with Crippen molar-refractivity contribution in [3.63, 3.8) is 0 Å². The van der Waals surface area contributed by atoms with Gasteiger partial charge in [-0.3, -0.25) is 9.10 Å². The van der Waals surface area contributed by atoms with Gasteiger partial charge in [0.25, 0.3) is 10.0 Å². The molecule has 0 aromatic heterocycles. The van der Waals surface area contributed by atoms with Crippen molar-refractivity contribution in [2.75, 3.05) is 25.1 Å². The van der Waals surface area contributed by atoms with Gasteiger partial charge in [-0.25, -0.2) is 8.42 Å². The second kappa shape index (κ2) is 8.07. The second-order valence-corrected chi connectivity index (χ2v) is 8.05. The van der Waals surface area contributed by atoms with Gasteiger partial charge >= 0.3 is 5.97 Å². The monoisotopic (exact) mass is 447 g/mol. The highest BCUT2D eigenvalue weighted by atomic mass is 79.9. The minimum atomic E-state index is -4.05. The van der Waals surface area contributed by atoms with E-state index in [1.54, 1.807) is 24.3 Å². The highest BCUT2D eigenvalue weighted by Gasteiger charge is 2.28. The molecule has 0 aliphatic carbocycles. The molecule has 0 aliphatic heterocycles. The predicted octanol–water partition coefficient (Wildman–Crippen LogP) is 3.48. The summed E-state index contributed by atoms with van der Waals surface area (Å²) in [5, 5.41) is 0.149. The first kappa shape index (κ1) is 19.6. The van der Waals surface area contributed by atoms with Gasteiger partial charge in [-0.2, -0.15) is 0 Å². The van der Waals surface area contributed by atoms with E-state index in [0.717, 1.165) is 4.31 Å². The largest absolute Gasteiger partial charge is 0.495 e. The molecule has 0 atom stereocenters. The Hall–Kier alpha value is -1.77. The number of anilines is 1. The Morgan fingerprint density at radius 1 is 1.20 bits per heavy atom. The fraction of sp³-hybridized carbons (Fsp3) is 0.188. The van der Waals surface area contributed by atoms with Crippen LogP contribution >= 0.6 is 27.5 Å². The van der Waals surface area contributed by atoms with E-state index in [9.17, 15) is 13.2 Å². The summed E-state index contributed by atoms with van der Waals surface area (Å²) in [4.78, 5) is 11.7. The summed E-state index contributed by atoms with van der Waals surface area (Å²) in [5.41, 5.74) is 0.312. The fourth-order valence-electron chi connectivity index (χ4n) is 2.06. The van der Waals surface area contributed by atoms with Crippen LogP contribution in [0, 0.1) is 0 Å². The van der Waals surface area contributed by atoms with E-state index in [4.69, 9.17) is 16.3 Å². The summed E-state index contributed by atoms with van der Waals surface area (Å²) >= 11 is 9.33. The number of esters is 1. The lowest BCUT2D eigenvalue weighted by Gasteiger charge is -2.23. The van der Waals surface area contributed by atoms with Gasteiger partial charge in [-0.1, -0.05) is 33.6 Å². The molecule has 0 heterocycles. The van der Waals surface area contributed by atoms with Crippen molar-refractivity contribution < 1.29 is 22.7 Å².